The molecule has 2 heterocycles. The van der Waals surface area contributed by atoms with Crippen LogP contribution in [0, 0.1) is 5.82 Å². The van der Waals surface area contributed by atoms with E-state index in [1.165, 1.54) is 16.6 Å². The van der Waals surface area contributed by atoms with Gasteiger partial charge in [0.1, 0.15) is 12.4 Å². The molecule has 4 aromatic rings. The molecule has 1 N–H and O–H groups in total. The average molecular weight is 441 g/mol. The molecule has 0 atom stereocenters. The molecular formula is C21H20FN5O3S. The van der Waals surface area contributed by atoms with Gasteiger partial charge in [0, 0.05) is 18.2 Å². The fraction of sp³-hybridized carbons (Fsp3) is 0.190. The Morgan fingerprint density at radius 3 is 2.65 bits per heavy atom. The van der Waals surface area contributed by atoms with Crippen molar-refractivity contribution in [2.75, 3.05) is 18.9 Å². The molecule has 0 saturated carbocycles. The van der Waals surface area contributed by atoms with Crippen LogP contribution in [0.5, 0.6) is 5.88 Å². The third-order valence-electron chi connectivity index (χ3n) is 4.50. The molecule has 0 aliphatic rings. The molecule has 0 unspecified atom stereocenters. The fourth-order valence-electron chi connectivity index (χ4n) is 2.98. The third-order valence-corrected chi connectivity index (χ3v) is 5.88. The predicted molar refractivity (Wildman–Crippen MR) is 114 cm³/mol. The van der Waals surface area contributed by atoms with Crippen molar-refractivity contribution >= 4 is 15.7 Å². The van der Waals surface area contributed by atoms with Crippen molar-refractivity contribution in [2.24, 2.45) is 0 Å². The summed E-state index contributed by atoms with van der Waals surface area (Å²) in [5, 5.41) is 12.4. The Kier molecular flexibility index (Phi) is 6.19. The van der Waals surface area contributed by atoms with E-state index in [2.05, 4.69) is 20.0 Å². The van der Waals surface area contributed by atoms with E-state index in [0.29, 0.717) is 23.5 Å². The van der Waals surface area contributed by atoms with Crippen molar-refractivity contribution in [3.8, 4) is 17.3 Å². The first-order valence-corrected chi connectivity index (χ1v) is 11.3. The largest absolute Gasteiger partial charge is 0.475 e. The van der Waals surface area contributed by atoms with E-state index in [-0.39, 0.29) is 30.6 Å². The summed E-state index contributed by atoms with van der Waals surface area (Å²) in [5.41, 5.74) is 1.97. The maximum atomic E-state index is 13.5. The van der Waals surface area contributed by atoms with Gasteiger partial charge in [-0.1, -0.05) is 42.5 Å². The van der Waals surface area contributed by atoms with E-state index < -0.39 is 10.0 Å². The molecule has 0 saturated heterocycles. The number of halogens is 1. The molecule has 0 radical (unpaired) electrons. The minimum absolute atomic E-state index is 0.00107. The van der Waals surface area contributed by atoms with Gasteiger partial charge in [-0.2, -0.15) is 4.52 Å². The summed E-state index contributed by atoms with van der Waals surface area (Å²) in [7, 11) is -3.42. The van der Waals surface area contributed by atoms with Crippen molar-refractivity contribution in [1.82, 2.24) is 24.5 Å². The summed E-state index contributed by atoms with van der Waals surface area (Å²) in [4.78, 5) is 0. The summed E-state index contributed by atoms with van der Waals surface area (Å²) >= 11 is 0. The lowest BCUT2D eigenvalue weighted by molar-refractivity contribution is 0.306. The van der Waals surface area contributed by atoms with Crippen LogP contribution in [0.15, 0.2) is 66.7 Å². The van der Waals surface area contributed by atoms with Crippen LogP contribution in [0.4, 0.5) is 4.39 Å². The van der Waals surface area contributed by atoms with Gasteiger partial charge in [-0.25, -0.2) is 17.5 Å². The second-order valence-corrected chi connectivity index (χ2v) is 8.70. The van der Waals surface area contributed by atoms with E-state index >= 15 is 0 Å². The minimum atomic E-state index is -3.42. The molecule has 2 aromatic carbocycles. The van der Waals surface area contributed by atoms with Crippen molar-refractivity contribution < 1.29 is 17.5 Å². The number of hydrogen-bond acceptors (Lipinski definition) is 6. The molecule has 0 bridgehead atoms. The standard InChI is InChI=1S/C21H20FN5O3S/c22-18-8-4-7-17(15-18)21-25-24-19-9-10-20(26-27(19)21)30-13-12-23-31(28,29)14-11-16-5-2-1-3-6-16/h1-10,15,23H,11-14H2. The normalized spacial score (nSPS) is 11.6. The number of fused-ring (bicyclic) bond motifs is 1. The monoisotopic (exact) mass is 441 g/mol. The molecule has 0 fully saturated rings. The number of aromatic nitrogens is 4. The molecule has 10 heteroatoms. The van der Waals surface area contributed by atoms with Crippen molar-refractivity contribution in [3.63, 3.8) is 0 Å². The smallest absolute Gasteiger partial charge is 0.231 e. The Morgan fingerprint density at radius 1 is 1.00 bits per heavy atom. The molecule has 4 rings (SSSR count). The Hall–Kier alpha value is -3.37. The van der Waals surface area contributed by atoms with Crippen LogP contribution in [0.1, 0.15) is 5.56 Å². The van der Waals surface area contributed by atoms with Gasteiger partial charge in [-0.05, 0) is 30.2 Å². The SMILES string of the molecule is O=S(=O)(CCc1ccccc1)NCCOc1ccc2nnc(-c3cccc(F)c3)n2n1. The summed E-state index contributed by atoms with van der Waals surface area (Å²) in [6.45, 7) is 0.205. The number of hydrogen-bond donors (Lipinski definition) is 1. The molecule has 31 heavy (non-hydrogen) atoms. The van der Waals surface area contributed by atoms with Gasteiger partial charge in [0.25, 0.3) is 0 Å². The Labute approximate surface area is 178 Å². The molecule has 0 aliphatic heterocycles. The van der Waals surface area contributed by atoms with E-state index in [0.717, 1.165) is 5.56 Å². The Balaban J connectivity index is 1.34. The molecule has 160 valence electrons. The van der Waals surface area contributed by atoms with E-state index in [1.54, 1.807) is 24.3 Å². The Bertz CT molecular complexity index is 1280. The molecule has 8 nitrogen and oxygen atoms in total. The first-order valence-electron chi connectivity index (χ1n) is 9.63. The van der Waals surface area contributed by atoms with Crippen LogP contribution in [-0.4, -0.2) is 47.1 Å². The number of aryl methyl sites for hydroxylation is 1. The van der Waals surface area contributed by atoms with Gasteiger partial charge in [0.15, 0.2) is 11.5 Å². The maximum absolute atomic E-state index is 13.5. The van der Waals surface area contributed by atoms with Crippen molar-refractivity contribution in [3.05, 3.63) is 78.1 Å². The van der Waals surface area contributed by atoms with Gasteiger partial charge >= 0.3 is 0 Å². The quantitative estimate of drug-likeness (QED) is 0.401. The zero-order valence-corrected chi connectivity index (χ0v) is 17.3. The van der Waals surface area contributed by atoms with Crippen LogP contribution >= 0.6 is 0 Å². The van der Waals surface area contributed by atoms with Crippen LogP contribution in [0.25, 0.3) is 17.0 Å². The lowest BCUT2D eigenvalue weighted by atomic mass is 10.2. The summed E-state index contributed by atoms with van der Waals surface area (Å²) in [6.07, 6.45) is 0.436. The van der Waals surface area contributed by atoms with Crippen LogP contribution in [0.3, 0.4) is 0 Å². The third kappa shape index (κ3) is 5.41. The molecule has 0 spiro atoms. The van der Waals surface area contributed by atoms with Crippen molar-refractivity contribution in [2.45, 2.75) is 6.42 Å². The topological polar surface area (TPSA) is 98.5 Å². The minimum Gasteiger partial charge on any atom is -0.475 e. The van der Waals surface area contributed by atoms with Gasteiger partial charge in [0.2, 0.25) is 15.9 Å². The first-order chi connectivity index (χ1) is 15.0. The number of rotatable bonds is 9. The summed E-state index contributed by atoms with van der Waals surface area (Å²) < 4.78 is 47.4. The van der Waals surface area contributed by atoms with Gasteiger partial charge < -0.3 is 4.74 Å². The molecule has 0 amide bonds. The van der Waals surface area contributed by atoms with Gasteiger partial charge in [-0.15, -0.1) is 15.3 Å². The first kappa shape index (κ1) is 20.9. The highest BCUT2D eigenvalue weighted by Crippen LogP contribution is 2.19. The van der Waals surface area contributed by atoms with Gasteiger partial charge in [-0.3, -0.25) is 0 Å². The number of sulfonamides is 1. The lowest BCUT2D eigenvalue weighted by Crippen LogP contribution is -2.31. The van der Waals surface area contributed by atoms with Crippen molar-refractivity contribution in [1.29, 1.82) is 0 Å². The second kappa shape index (κ2) is 9.19. The lowest BCUT2D eigenvalue weighted by Gasteiger charge is -2.08. The Morgan fingerprint density at radius 2 is 1.84 bits per heavy atom. The average Bonchev–Trinajstić information content (AvgIpc) is 3.20. The van der Waals surface area contributed by atoms with Crippen LogP contribution < -0.4 is 9.46 Å². The summed E-state index contributed by atoms with van der Waals surface area (Å²) in [5.74, 6) is 0.259. The number of nitrogens with zero attached hydrogens (tertiary/aromatic N) is 4. The highest BCUT2D eigenvalue weighted by molar-refractivity contribution is 7.89. The van der Waals surface area contributed by atoms with E-state index in [9.17, 15) is 12.8 Å². The highest BCUT2D eigenvalue weighted by Gasteiger charge is 2.12. The number of ether oxygens (including phenoxy) is 1. The zero-order chi connectivity index (χ0) is 21.7. The zero-order valence-electron chi connectivity index (χ0n) is 16.5. The van der Waals surface area contributed by atoms with Crippen LogP contribution in [-0.2, 0) is 16.4 Å². The van der Waals surface area contributed by atoms with E-state index in [1.807, 2.05) is 30.3 Å². The molecule has 2 aromatic heterocycles. The molecular weight excluding hydrogens is 421 g/mol. The van der Waals surface area contributed by atoms with E-state index in [4.69, 9.17) is 4.74 Å². The molecule has 0 aliphatic carbocycles. The highest BCUT2D eigenvalue weighted by atomic mass is 32.2. The van der Waals surface area contributed by atoms with Crippen LogP contribution in [0.2, 0.25) is 0 Å². The van der Waals surface area contributed by atoms with Gasteiger partial charge in [0.05, 0.1) is 5.75 Å². The fourth-order valence-corrected chi connectivity index (χ4v) is 4.02. The predicted octanol–water partition coefficient (Wildman–Crippen LogP) is 2.47. The second-order valence-electron chi connectivity index (χ2n) is 6.77. The number of benzene rings is 2. The maximum Gasteiger partial charge on any atom is 0.231 e. The summed E-state index contributed by atoms with van der Waals surface area (Å²) in [6, 6.07) is 18.7. The number of nitrogens with one attached hydrogen (secondary N) is 1.